The summed E-state index contributed by atoms with van der Waals surface area (Å²) in [5.41, 5.74) is 5.18. The summed E-state index contributed by atoms with van der Waals surface area (Å²) >= 11 is 0. The van der Waals surface area contributed by atoms with E-state index in [4.69, 9.17) is 15.0 Å². The summed E-state index contributed by atoms with van der Waals surface area (Å²) in [6.45, 7) is 1.27. The van der Waals surface area contributed by atoms with Gasteiger partial charge >= 0.3 is 13.8 Å². The predicted molar refractivity (Wildman–Crippen MR) is 109 cm³/mol. The standard InChI is InChI=1S/C19H40NO7P/c1-2-3-4-5-6-7-8-9-10-11-12-13-19(22)25-17-18(16-21)27-28(23,24)26-15-14-20/h18,21H,2-17,20H2,1H3,(H,23,24)/t18-/m0/s1. The smallest absolute Gasteiger partial charge is 0.463 e. The highest BCUT2D eigenvalue weighted by molar-refractivity contribution is 7.47. The summed E-state index contributed by atoms with van der Waals surface area (Å²) in [6, 6.07) is 0. The topological polar surface area (TPSA) is 128 Å². The number of phosphoric acid groups is 1. The Morgan fingerprint density at radius 1 is 1.00 bits per heavy atom. The van der Waals surface area contributed by atoms with Crippen LogP contribution in [0.3, 0.4) is 0 Å². The van der Waals surface area contributed by atoms with Crippen molar-refractivity contribution in [3.05, 3.63) is 0 Å². The van der Waals surface area contributed by atoms with Gasteiger partial charge in [-0.25, -0.2) is 4.57 Å². The van der Waals surface area contributed by atoms with Crippen molar-refractivity contribution in [2.75, 3.05) is 26.4 Å². The Hall–Kier alpha value is -0.500. The molecule has 0 rings (SSSR count). The number of carbonyl (C=O) groups excluding carboxylic acids is 1. The van der Waals surface area contributed by atoms with E-state index in [1.54, 1.807) is 0 Å². The summed E-state index contributed by atoms with van der Waals surface area (Å²) in [4.78, 5) is 21.2. The number of phosphoric ester groups is 1. The summed E-state index contributed by atoms with van der Waals surface area (Å²) < 4.78 is 25.9. The van der Waals surface area contributed by atoms with Crippen molar-refractivity contribution in [2.45, 2.75) is 90.1 Å². The van der Waals surface area contributed by atoms with Gasteiger partial charge in [0.05, 0.1) is 13.2 Å². The minimum Gasteiger partial charge on any atom is -0.463 e. The molecule has 0 aliphatic heterocycles. The Labute approximate surface area is 169 Å². The molecule has 0 bridgehead atoms. The second-order valence-corrected chi connectivity index (χ2v) is 8.38. The quantitative estimate of drug-likeness (QED) is 0.153. The summed E-state index contributed by atoms with van der Waals surface area (Å²) in [5.74, 6) is -0.409. The lowest BCUT2D eigenvalue weighted by molar-refractivity contribution is -0.147. The Bertz CT molecular complexity index is 423. The minimum atomic E-state index is -4.32. The first-order valence-corrected chi connectivity index (χ1v) is 12.1. The first-order chi connectivity index (χ1) is 13.4. The maximum absolute atomic E-state index is 11.7. The molecule has 0 radical (unpaired) electrons. The summed E-state index contributed by atoms with van der Waals surface area (Å²) in [5, 5.41) is 9.18. The number of hydrogen-bond donors (Lipinski definition) is 3. The van der Waals surface area contributed by atoms with Crippen molar-refractivity contribution in [1.29, 1.82) is 0 Å². The molecule has 0 aromatic carbocycles. The van der Waals surface area contributed by atoms with Gasteiger partial charge in [-0.15, -0.1) is 0 Å². The first kappa shape index (κ1) is 27.5. The van der Waals surface area contributed by atoms with Gasteiger partial charge in [0.15, 0.2) is 0 Å². The molecule has 1 unspecified atom stereocenters. The highest BCUT2D eigenvalue weighted by Gasteiger charge is 2.27. The van der Waals surface area contributed by atoms with Crippen LogP contribution in [-0.2, 0) is 23.1 Å². The molecule has 8 nitrogen and oxygen atoms in total. The van der Waals surface area contributed by atoms with Gasteiger partial charge in [-0.1, -0.05) is 71.1 Å². The molecule has 9 heteroatoms. The van der Waals surface area contributed by atoms with Crippen LogP contribution in [0, 0.1) is 0 Å². The molecule has 0 saturated heterocycles. The second kappa shape index (κ2) is 18.5. The van der Waals surface area contributed by atoms with Crippen LogP contribution in [0.5, 0.6) is 0 Å². The molecule has 0 aromatic heterocycles. The van der Waals surface area contributed by atoms with Gasteiger partial charge in [0.25, 0.3) is 0 Å². The van der Waals surface area contributed by atoms with Gasteiger partial charge in [-0.05, 0) is 6.42 Å². The normalized spacial score (nSPS) is 14.6. The minimum absolute atomic E-state index is 0.0612. The lowest BCUT2D eigenvalue weighted by Crippen LogP contribution is -2.25. The van der Waals surface area contributed by atoms with Crippen LogP contribution in [-0.4, -0.2) is 48.4 Å². The Kier molecular flexibility index (Phi) is 18.2. The van der Waals surface area contributed by atoms with E-state index in [1.807, 2.05) is 0 Å². The lowest BCUT2D eigenvalue weighted by Gasteiger charge is -2.18. The van der Waals surface area contributed by atoms with Crippen LogP contribution in [0.1, 0.15) is 84.0 Å². The van der Waals surface area contributed by atoms with Crippen molar-refractivity contribution >= 4 is 13.8 Å². The number of aliphatic hydroxyl groups excluding tert-OH is 1. The Morgan fingerprint density at radius 3 is 2.04 bits per heavy atom. The van der Waals surface area contributed by atoms with Crippen LogP contribution in [0.2, 0.25) is 0 Å². The highest BCUT2D eigenvalue weighted by Crippen LogP contribution is 2.44. The Balaban J connectivity index is 3.66. The number of unbranched alkanes of at least 4 members (excludes halogenated alkanes) is 10. The monoisotopic (exact) mass is 425 g/mol. The van der Waals surface area contributed by atoms with E-state index in [9.17, 15) is 19.4 Å². The number of esters is 1. The third-order valence-corrected chi connectivity index (χ3v) is 5.35. The van der Waals surface area contributed by atoms with E-state index in [-0.39, 0.29) is 26.2 Å². The first-order valence-electron chi connectivity index (χ1n) is 10.6. The average Bonchev–Trinajstić information content (AvgIpc) is 2.67. The Morgan fingerprint density at radius 2 is 1.54 bits per heavy atom. The van der Waals surface area contributed by atoms with Gasteiger partial charge < -0.3 is 20.5 Å². The molecule has 28 heavy (non-hydrogen) atoms. The molecular weight excluding hydrogens is 385 g/mol. The lowest BCUT2D eigenvalue weighted by atomic mass is 10.1. The number of carbonyl (C=O) groups is 1. The van der Waals surface area contributed by atoms with Gasteiger partial charge in [-0.2, -0.15) is 0 Å². The molecule has 0 aliphatic rings. The van der Waals surface area contributed by atoms with Crippen LogP contribution in [0.15, 0.2) is 0 Å². The van der Waals surface area contributed by atoms with E-state index >= 15 is 0 Å². The molecule has 0 spiro atoms. The van der Waals surface area contributed by atoms with Gasteiger partial charge in [0, 0.05) is 13.0 Å². The molecule has 2 atom stereocenters. The van der Waals surface area contributed by atoms with E-state index in [1.165, 1.54) is 51.4 Å². The molecule has 0 amide bonds. The fourth-order valence-corrected chi connectivity index (χ4v) is 3.60. The number of hydrogen-bond acceptors (Lipinski definition) is 7. The van der Waals surface area contributed by atoms with Crippen LogP contribution in [0.4, 0.5) is 0 Å². The van der Waals surface area contributed by atoms with Crippen molar-refractivity contribution in [3.8, 4) is 0 Å². The van der Waals surface area contributed by atoms with Crippen molar-refractivity contribution in [1.82, 2.24) is 0 Å². The fraction of sp³-hybridized carbons (Fsp3) is 0.947. The molecule has 4 N–H and O–H groups in total. The fourth-order valence-electron chi connectivity index (χ4n) is 2.69. The maximum Gasteiger partial charge on any atom is 0.472 e. The zero-order chi connectivity index (χ0) is 21.1. The largest absolute Gasteiger partial charge is 0.472 e. The van der Waals surface area contributed by atoms with Crippen molar-refractivity contribution < 1.29 is 33.1 Å². The number of aliphatic hydroxyl groups is 1. The molecule has 0 aromatic rings. The van der Waals surface area contributed by atoms with E-state index in [2.05, 4.69) is 11.4 Å². The van der Waals surface area contributed by atoms with Crippen LogP contribution >= 0.6 is 7.82 Å². The second-order valence-electron chi connectivity index (χ2n) is 6.97. The molecule has 0 fully saturated rings. The maximum atomic E-state index is 11.7. The third kappa shape index (κ3) is 17.6. The third-order valence-electron chi connectivity index (χ3n) is 4.27. The highest BCUT2D eigenvalue weighted by atomic mass is 31.2. The molecule has 0 aliphatic carbocycles. The average molecular weight is 426 g/mol. The summed E-state index contributed by atoms with van der Waals surface area (Å²) in [7, 11) is -4.32. The molecule has 0 heterocycles. The van der Waals surface area contributed by atoms with Gasteiger partial charge in [-0.3, -0.25) is 13.8 Å². The number of ether oxygens (including phenoxy) is 1. The zero-order valence-electron chi connectivity index (χ0n) is 17.4. The SMILES string of the molecule is CCCCCCCCCCCCCC(=O)OC[C@H](CO)OP(=O)(O)OCCN. The van der Waals surface area contributed by atoms with E-state index in [0.29, 0.717) is 0 Å². The molecule has 168 valence electrons. The van der Waals surface area contributed by atoms with Crippen LogP contribution < -0.4 is 5.73 Å². The zero-order valence-corrected chi connectivity index (χ0v) is 18.2. The van der Waals surface area contributed by atoms with Crippen LogP contribution in [0.25, 0.3) is 0 Å². The number of nitrogens with two attached hydrogens (primary N) is 1. The van der Waals surface area contributed by atoms with Gasteiger partial charge in [0.2, 0.25) is 0 Å². The predicted octanol–water partition coefficient (Wildman–Crippen LogP) is 3.68. The van der Waals surface area contributed by atoms with E-state index in [0.717, 1.165) is 19.3 Å². The number of rotatable bonds is 20. The summed E-state index contributed by atoms with van der Waals surface area (Å²) in [6.07, 6.45) is 12.3. The van der Waals surface area contributed by atoms with Crippen molar-refractivity contribution in [2.24, 2.45) is 5.73 Å². The molecule has 0 saturated carbocycles. The van der Waals surface area contributed by atoms with E-state index < -0.39 is 26.5 Å². The molecular formula is C19H40NO7P. The van der Waals surface area contributed by atoms with Crippen molar-refractivity contribution in [3.63, 3.8) is 0 Å². The van der Waals surface area contributed by atoms with Gasteiger partial charge in [0.1, 0.15) is 12.7 Å².